The summed E-state index contributed by atoms with van der Waals surface area (Å²) in [6, 6.07) is 9.72. The first kappa shape index (κ1) is 12.1. The van der Waals surface area contributed by atoms with Crippen molar-refractivity contribution in [1.82, 2.24) is 0 Å². The van der Waals surface area contributed by atoms with Crippen molar-refractivity contribution in [3.63, 3.8) is 0 Å². The smallest absolute Gasteiger partial charge is 0.184 e. The van der Waals surface area contributed by atoms with Crippen molar-refractivity contribution in [2.24, 2.45) is 5.92 Å². The molecule has 2 heterocycles. The van der Waals surface area contributed by atoms with Crippen LogP contribution in [0.3, 0.4) is 0 Å². The Morgan fingerprint density at radius 3 is 2.67 bits per heavy atom. The Bertz CT molecular complexity index is 395. The van der Waals surface area contributed by atoms with Gasteiger partial charge in [0.1, 0.15) is 12.3 Å². The van der Waals surface area contributed by atoms with E-state index < -0.39 is 12.5 Å². The van der Waals surface area contributed by atoms with Gasteiger partial charge in [-0.1, -0.05) is 37.3 Å². The van der Waals surface area contributed by atoms with Gasteiger partial charge >= 0.3 is 0 Å². The molecule has 2 saturated heterocycles. The third kappa shape index (κ3) is 2.16. The summed E-state index contributed by atoms with van der Waals surface area (Å²) in [4.78, 5) is 0. The van der Waals surface area contributed by atoms with Gasteiger partial charge in [0.2, 0.25) is 0 Å². The van der Waals surface area contributed by atoms with Crippen LogP contribution in [-0.4, -0.2) is 31.6 Å². The maximum absolute atomic E-state index is 13.6. The first-order valence-corrected chi connectivity index (χ1v) is 6.33. The summed E-state index contributed by atoms with van der Waals surface area (Å²) in [6.45, 7) is 2.48. The summed E-state index contributed by atoms with van der Waals surface area (Å²) in [5.74, 6) is -0.154. The van der Waals surface area contributed by atoms with E-state index in [1.807, 2.05) is 37.3 Å². The highest BCUT2D eigenvalue weighted by Gasteiger charge is 2.43. The van der Waals surface area contributed by atoms with Gasteiger partial charge in [0, 0.05) is 11.5 Å². The van der Waals surface area contributed by atoms with Gasteiger partial charge in [-0.3, -0.25) is 0 Å². The largest absolute Gasteiger partial charge is 0.370 e. The summed E-state index contributed by atoms with van der Waals surface area (Å²) >= 11 is 0. The van der Waals surface area contributed by atoms with Crippen LogP contribution in [0.25, 0.3) is 0 Å². The van der Waals surface area contributed by atoms with Crippen LogP contribution in [0, 0.1) is 5.92 Å². The second-order valence-corrected chi connectivity index (χ2v) is 4.92. The fourth-order valence-corrected chi connectivity index (χ4v) is 2.51. The van der Waals surface area contributed by atoms with Crippen molar-refractivity contribution in [3.05, 3.63) is 35.9 Å². The van der Waals surface area contributed by atoms with E-state index in [2.05, 4.69) is 0 Å². The summed E-state index contributed by atoms with van der Waals surface area (Å²) in [5.41, 5.74) is 0.962. The van der Waals surface area contributed by atoms with Crippen LogP contribution in [0.5, 0.6) is 0 Å². The molecule has 1 aromatic rings. The number of rotatable bonds is 1. The monoisotopic (exact) mass is 252 g/mol. The maximum Gasteiger partial charge on any atom is 0.184 e. The molecule has 3 rings (SSSR count). The summed E-state index contributed by atoms with van der Waals surface area (Å²) in [5, 5.41) is 0. The lowest BCUT2D eigenvalue weighted by Gasteiger charge is -2.43. The van der Waals surface area contributed by atoms with Gasteiger partial charge in [0.05, 0.1) is 19.3 Å². The van der Waals surface area contributed by atoms with E-state index >= 15 is 0 Å². The highest BCUT2D eigenvalue weighted by molar-refractivity contribution is 5.16. The molecule has 98 valence electrons. The van der Waals surface area contributed by atoms with Crippen LogP contribution in [0.4, 0.5) is 4.39 Å². The summed E-state index contributed by atoms with van der Waals surface area (Å²) < 4.78 is 30.6. The maximum atomic E-state index is 13.6. The predicted molar refractivity (Wildman–Crippen MR) is 63.8 cm³/mol. The van der Waals surface area contributed by atoms with Gasteiger partial charge in [0.25, 0.3) is 0 Å². The van der Waals surface area contributed by atoms with E-state index in [1.165, 1.54) is 0 Å². The molecule has 0 saturated carbocycles. The molecule has 0 aromatic heterocycles. The second kappa shape index (κ2) is 4.96. The first-order chi connectivity index (χ1) is 8.75. The van der Waals surface area contributed by atoms with Crippen LogP contribution in [-0.2, 0) is 14.2 Å². The molecule has 0 bridgehead atoms. The standard InChI is InChI=1S/C14H17FO3/c1-9-11(15)7-16-12-8-17-14(18-13(9)12)10-5-3-2-4-6-10/h2-6,9,11-14H,7-8H2,1H3. The van der Waals surface area contributed by atoms with E-state index in [4.69, 9.17) is 14.2 Å². The Morgan fingerprint density at radius 1 is 1.11 bits per heavy atom. The number of hydrogen-bond donors (Lipinski definition) is 0. The number of benzene rings is 1. The minimum absolute atomic E-state index is 0.144. The van der Waals surface area contributed by atoms with Crippen molar-refractivity contribution in [2.45, 2.75) is 31.6 Å². The lowest BCUT2D eigenvalue weighted by atomic mass is 9.92. The number of alkyl halides is 1. The molecule has 0 aliphatic carbocycles. The Kier molecular flexibility index (Phi) is 3.33. The molecule has 0 radical (unpaired) electrons. The summed E-state index contributed by atoms with van der Waals surface area (Å²) in [7, 11) is 0. The molecule has 4 heteroatoms. The molecule has 18 heavy (non-hydrogen) atoms. The fraction of sp³-hybridized carbons (Fsp3) is 0.571. The van der Waals surface area contributed by atoms with E-state index in [0.717, 1.165) is 5.56 Å². The van der Waals surface area contributed by atoms with Crippen LogP contribution in [0.2, 0.25) is 0 Å². The van der Waals surface area contributed by atoms with E-state index in [0.29, 0.717) is 6.61 Å². The van der Waals surface area contributed by atoms with E-state index in [-0.39, 0.29) is 24.7 Å². The molecule has 0 spiro atoms. The second-order valence-electron chi connectivity index (χ2n) is 4.92. The molecule has 2 aliphatic heterocycles. The SMILES string of the molecule is CC1C(F)COC2COC(c3ccccc3)OC21. The Hall–Kier alpha value is -0.970. The predicted octanol–water partition coefficient (Wildman–Crippen LogP) is 2.47. The zero-order chi connectivity index (χ0) is 12.5. The number of fused-ring (bicyclic) bond motifs is 1. The molecular formula is C14H17FO3. The van der Waals surface area contributed by atoms with E-state index in [1.54, 1.807) is 0 Å². The average molecular weight is 252 g/mol. The van der Waals surface area contributed by atoms with Crippen molar-refractivity contribution in [1.29, 1.82) is 0 Å². The van der Waals surface area contributed by atoms with Crippen molar-refractivity contribution >= 4 is 0 Å². The van der Waals surface area contributed by atoms with Crippen LogP contribution < -0.4 is 0 Å². The van der Waals surface area contributed by atoms with Crippen LogP contribution in [0.1, 0.15) is 18.8 Å². The molecular weight excluding hydrogens is 235 g/mol. The third-order valence-corrected chi connectivity index (χ3v) is 3.69. The Morgan fingerprint density at radius 2 is 1.89 bits per heavy atom. The lowest BCUT2D eigenvalue weighted by Crippen LogP contribution is -2.53. The van der Waals surface area contributed by atoms with Gasteiger partial charge in [-0.05, 0) is 0 Å². The quantitative estimate of drug-likeness (QED) is 0.768. The van der Waals surface area contributed by atoms with Gasteiger partial charge in [-0.15, -0.1) is 0 Å². The summed E-state index contributed by atoms with van der Waals surface area (Å²) in [6.07, 6.45) is -1.75. The first-order valence-electron chi connectivity index (χ1n) is 6.33. The van der Waals surface area contributed by atoms with Gasteiger partial charge in [0.15, 0.2) is 6.29 Å². The van der Waals surface area contributed by atoms with Gasteiger partial charge < -0.3 is 14.2 Å². The minimum atomic E-state index is -0.958. The topological polar surface area (TPSA) is 27.7 Å². The number of ether oxygens (including phenoxy) is 3. The average Bonchev–Trinajstić information content (AvgIpc) is 2.44. The van der Waals surface area contributed by atoms with Gasteiger partial charge in [-0.2, -0.15) is 0 Å². The van der Waals surface area contributed by atoms with Crippen molar-refractivity contribution in [2.75, 3.05) is 13.2 Å². The molecule has 0 amide bonds. The molecule has 5 atom stereocenters. The Labute approximate surface area is 106 Å². The molecule has 3 nitrogen and oxygen atoms in total. The van der Waals surface area contributed by atoms with Crippen molar-refractivity contribution in [3.8, 4) is 0 Å². The van der Waals surface area contributed by atoms with E-state index in [9.17, 15) is 4.39 Å². The van der Waals surface area contributed by atoms with Gasteiger partial charge in [-0.25, -0.2) is 4.39 Å². The number of halogens is 1. The highest BCUT2D eigenvalue weighted by atomic mass is 19.1. The fourth-order valence-electron chi connectivity index (χ4n) is 2.51. The van der Waals surface area contributed by atoms with Crippen LogP contribution in [0.15, 0.2) is 30.3 Å². The minimum Gasteiger partial charge on any atom is -0.370 e. The number of hydrogen-bond acceptors (Lipinski definition) is 3. The van der Waals surface area contributed by atoms with Crippen molar-refractivity contribution < 1.29 is 18.6 Å². The normalized spacial score (nSPS) is 40.2. The molecule has 1 aromatic carbocycles. The molecule has 2 aliphatic rings. The Balaban J connectivity index is 1.75. The zero-order valence-corrected chi connectivity index (χ0v) is 10.3. The molecule has 2 fully saturated rings. The molecule has 5 unspecified atom stereocenters. The highest BCUT2D eigenvalue weighted by Crippen LogP contribution is 2.35. The van der Waals surface area contributed by atoms with Crippen LogP contribution >= 0.6 is 0 Å². The zero-order valence-electron chi connectivity index (χ0n) is 10.3. The molecule has 0 N–H and O–H groups in total. The lowest BCUT2D eigenvalue weighted by molar-refractivity contribution is -0.298. The third-order valence-electron chi connectivity index (χ3n) is 3.69.